The molecule has 1 aromatic heterocycles. The van der Waals surface area contributed by atoms with Gasteiger partial charge in [-0.05, 0) is 18.6 Å². The molecule has 3 rings (SSSR count). The molecule has 120 valence electrons. The van der Waals surface area contributed by atoms with Crippen LogP contribution < -0.4 is 10.9 Å². The lowest BCUT2D eigenvalue weighted by Crippen LogP contribution is -2.20. The molecule has 1 atom stereocenters. The molecule has 0 spiro atoms. The number of aromatic amines is 1. The molecule has 1 unspecified atom stereocenters. The van der Waals surface area contributed by atoms with E-state index < -0.39 is 10.8 Å². The van der Waals surface area contributed by atoms with Gasteiger partial charge in [0.2, 0.25) is 5.56 Å². The standard InChI is InChI=1S/C16H11ClN4O3/c1-8-10(6-18)16(11-7-19-15(22)5-13(11)20-8)9-2-3-12(17)14(4-9)21(23)24/h2-5,7,16,20H,1H3,(H,19,22). The zero-order chi connectivity index (χ0) is 17.4. The number of rotatable bonds is 2. The van der Waals surface area contributed by atoms with Crippen LogP contribution in [0.5, 0.6) is 0 Å². The maximum Gasteiger partial charge on any atom is 0.288 e. The zero-order valence-electron chi connectivity index (χ0n) is 12.5. The van der Waals surface area contributed by atoms with Crippen LogP contribution in [0.15, 0.2) is 46.5 Å². The number of anilines is 1. The number of hydrogen-bond donors (Lipinski definition) is 2. The number of aromatic nitrogens is 1. The normalized spacial score (nSPS) is 16.1. The number of benzene rings is 1. The maximum atomic E-state index is 11.5. The Hall–Kier alpha value is -3.11. The van der Waals surface area contributed by atoms with E-state index >= 15 is 0 Å². The van der Waals surface area contributed by atoms with Crippen molar-refractivity contribution >= 4 is 23.0 Å². The number of halogens is 1. The molecule has 24 heavy (non-hydrogen) atoms. The molecule has 1 aliphatic heterocycles. The van der Waals surface area contributed by atoms with Crippen molar-refractivity contribution in [1.29, 1.82) is 5.26 Å². The highest BCUT2D eigenvalue weighted by molar-refractivity contribution is 6.32. The van der Waals surface area contributed by atoms with Crippen LogP contribution in [0, 0.1) is 21.4 Å². The van der Waals surface area contributed by atoms with Gasteiger partial charge in [0.15, 0.2) is 0 Å². The summed E-state index contributed by atoms with van der Waals surface area (Å²) in [4.78, 5) is 24.7. The van der Waals surface area contributed by atoms with Crippen molar-refractivity contribution in [1.82, 2.24) is 4.98 Å². The van der Waals surface area contributed by atoms with Gasteiger partial charge in [0.05, 0.1) is 16.6 Å². The molecular formula is C16H11ClN4O3. The first-order chi connectivity index (χ1) is 11.4. The summed E-state index contributed by atoms with van der Waals surface area (Å²) in [5, 5.41) is 23.7. The quantitative estimate of drug-likeness (QED) is 0.642. The lowest BCUT2D eigenvalue weighted by molar-refractivity contribution is -0.384. The summed E-state index contributed by atoms with van der Waals surface area (Å²) in [6.45, 7) is 1.72. The summed E-state index contributed by atoms with van der Waals surface area (Å²) in [5.41, 5.74) is 2.29. The average molecular weight is 343 g/mol. The minimum absolute atomic E-state index is 0.0265. The molecule has 0 saturated carbocycles. The summed E-state index contributed by atoms with van der Waals surface area (Å²) in [6.07, 6.45) is 1.51. The van der Waals surface area contributed by atoms with E-state index in [0.717, 1.165) is 0 Å². The average Bonchev–Trinajstić information content (AvgIpc) is 2.53. The number of nitrogens with zero attached hydrogens (tertiary/aromatic N) is 2. The summed E-state index contributed by atoms with van der Waals surface area (Å²) in [5.74, 6) is -0.529. The minimum Gasteiger partial charge on any atom is -0.358 e. The highest BCUT2D eigenvalue weighted by Crippen LogP contribution is 2.42. The first kappa shape index (κ1) is 15.8. The van der Waals surface area contributed by atoms with Gasteiger partial charge in [-0.2, -0.15) is 5.26 Å². The van der Waals surface area contributed by atoms with E-state index in [0.29, 0.717) is 28.1 Å². The zero-order valence-corrected chi connectivity index (χ0v) is 13.2. The van der Waals surface area contributed by atoms with Crippen LogP contribution in [0.2, 0.25) is 5.02 Å². The molecule has 1 aromatic carbocycles. The van der Waals surface area contributed by atoms with E-state index in [4.69, 9.17) is 11.6 Å². The monoisotopic (exact) mass is 342 g/mol. The van der Waals surface area contributed by atoms with Crippen molar-refractivity contribution < 1.29 is 4.92 Å². The molecule has 7 nitrogen and oxygen atoms in total. The van der Waals surface area contributed by atoms with Gasteiger partial charge >= 0.3 is 0 Å². The highest BCUT2D eigenvalue weighted by atomic mass is 35.5. The lowest BCUT2D eigenvalue weighted by atomic mass is 9.82. The summed E-state index contributed by atoms with van der Waals surface area (Å²) in [6, 6.07) is 7.98. The number of allylic oxidation sites excluding steroid dienone is 2. The van der Waals surface area contributed by atoms with Crippen LogP contribution >= 0.6 is 11.6 Å². The van der Waals surface area contributed by atoms with Crippen molar-refractivity contribution in [3.05, 3.63) is 78.4 Å². The Bertz CT molecular complexity index is 988. The van der Waals surface area contributed by atoms with Crippen molar-refractivity contribution in [3.8, 4) is 6.07 Å². The third-order valence-electron chi connectivity index (χ3n) is 3.90. The predicted molar refractivity (Wildman–Crippen MR) is 88.9 cm³/mol. The van der Waals surface area contributed by atoms with E-state index in [1.54, 1.807) is 13.0 Å². The van der Waals surface area contributed by atoms with Crippen LogP contribution in [-0.2, 0) is 0 Å². The fraction of sp³-hybridized carbons (Fsp3) is 0.125. The lowest BCUT2D eigenvalue weighted by Gasteiger charge is -2.27. The van der Waals surface area contributed by atoms with E-state index in [2.05, 4.69) is 16.4 Å². The Labute approximate surface area is 141 Å². The summed E-state index contributed by atoms with van der Waals surface area (Å²) < 4.78 is 0. The first-order valence-electron chi connectivity index (χ1n) is 6.96. The van der Waals surface area contributed by atoms with E-state index in [1.807, 2.05) is 0 Å². The SMILES string of the molecule is CC1=C(C#N)C(c2ccc(Cl)c([N+](=O)[O-])c2)c2c[nH]c(=O)cc2N1. The second-order valence-corrected chi connectivity index (χ2v) is 5.75. The molecule has 2 N–H and O–H groups in total. The Kier molecular flexibility index (Phi) is 3.83. The third kappa shape index (κ3) is 2.53. The number of hydrogen-bond acceptors (Lipinski definition) is 5. The van der Waals surface area contributed by atoms with Gasteiger partial charge in [0.1, 0.15) is 5.02 Å². The van der Waals surface area contributed by atoms with Crippen molar-refractivity contribution in [2.45, 2.75) is 12.8 Å². The molecule has 0 saturated heterocycles. The predicted octanol–water partition coefficient (Wildman–Crippen LogP) is 3.29. The molecule has 2 aromatic rings. The van der Waals surface area contributed by atoms with E-state index in [9.17, 15) is 20.2 Å². The van der Waals surface area contributed by atoms with Gasteiger partial charge in [0, 0.05) is 41.2 Å². The van der Waals surface area contributed by atoms with Crippen LogP contribution in [0.4, 0.5) is 11.4 Å². The van der Waals surface area contributed by atoms with Crippen LogP contribution in [0.25, 0.3) is 0 Å². The molecular weight excluding hydrogens is 332 g/mol. The van der Waals surface area contributed by atoms with Crippen molar-refractivity contribution in [2.75, 3.05) is 5.32 Å². The molecule has 2 heterocycles. The van der Waals surface area contributed by atoms with Crippen LogP contribution in [0.3, 0.4) is 0 Å². The Balaban J connectivity index is 2.26. The van der Waals surface area contributed by atoms with Gasteiger partial charge in [-0.15, -0.1) is 0 Å². The third-order valence-corrected chi connectivity index (χ3v) is 4.22. The van der Waals surface area contributed by atoms with Gasteiger partial charge in [-0.3, -0.25) is 14.9 Å². The van der Waals surface area contributed by atoms with Crippen LogP contribution in [0.1, 0.15) is 24.0 Å². The van der Waals surface area contributed by atoms with Gasteiger partial charge in [-0.1, -0.05) is 17.7 Å². The Morgan fingerprint density at radius 1 is 1.38 bits per heavy atom. The topological polar surface area (TPSA) is 112 Å². The molecule has 1 aliphatic rings. The van der Waals surface area contributed by atoms with E-state index in [-0.39, 0.29) is 16.3 Å². The van der Waals surface area contributed by atoms with Gasteiger partial charge in [-0.25, -0.2) is 0 Å². The minimum atomic E-state index is -0.566. The van der Waals surface area contributed by atoms with E-state index in [1.165, 1.54) is 24.4 Å². The fourth-order valence-electron chi connectivity index (χ4n) is 2.81. The summed E-state index contributed by atoms with van der Waals surface area (Å²) in [7, 11) is 0. The highest BCUT2D eigenvalue weighted by Gasteiger charge is 2.30. The largest absolute Gasteiger partial charge is 0.358 e. The van der Waals surface area contributed by atoms with Crippen molar-refractivity contribution in [3.63, 3.8) is 0 Å². The fourth-order valence-corrected chi connectivity index (χ4v) is 3.00. The molecule has 0 bridgehead atoms. The summed E-state index contributed by atoms with van der Waals surface area (Å²) >= 11 is 5.87. The number of H-pyrrole nitrogens is 1. The first-order valence-corrected chi connectivity index (χ1v) is 7.34. The number of nitro groups is 1. The number of nitro benzene ring substituents is 1. The van der Waals surface area contributed by atoms with Crippen LogP contribution in [-0.4, -0.2) is 9.91 Å². The molecule has 0 amide bonds. The smallest absolute Gasteiger partial charge is 0.288 e. The molecule has 0 fully saturated rings. The second-order valence-electron chi connectivity index (χ2n) is 5.34. The van der Waals surface area contributed by atoms with Gasteiger partial charge < -0.3 is 10.3 Å². The number of nitrogens with one attached hydrogen (secondary N) is 2. The van der Waals surface area contributed by atoms with Gasteiger partial charge in [0.25, 0.3) is 5.69 Å². The number of fused-ring (bicyclic) bond motifs is 1. The van der Waals surface area contributed by atoms with Crippen molar-refractivity contribution in [2.24, 2.45) is 0 Å². The number of pyridine rings is 1. The molecule has 8 heteroatoms. The second kappa shape index (κ2) is 5.83. The maximum absolute atomic E-state index is 11.5. The molecule has 0 aliphatic carbocycles. The molecule has 0 radical (unpaired) electrons. The Morgan fingerprint density at radius 2 is 2.12 bits per heavy atom. The number of nitriles is 1. The Morgan fingerprint density at radius 3 is 2.79 bits per heavy atom.